The lowest BCUT2D eigenvalue weighted by Crippen LogP contribution is -2.21. The zero-order chi connectivity index (χ0) is 21.8. The van der Waals surface area contributed by atoms with Gasteiger partial charge in [-0.1, -0.05) is 42.5 Å². The first kappa shape index (κ1) is 20.0. The van der Waals surface area contributed by atoms with E-state index >= 15 is 0 Å². The standard InChI is InChI=1S/C24H17FN2O4/c25-18-8-10-19(11-9-18)27-24(30)21(23(26-27)17-4-2-1-3-5-17)14-16-6-12-20(13-7-16)31-15-22(28)29/h1-14H,15H2,(H,28,29)/b21-14-. The minimum absolute atomic E-state index is 0.336. The van der Waals surface area contributed by atoms with Gasteiger partial charge in [0.25, 0.3) is 5.91 Å². The molecule has 0 aromatic heterocycles. The number of carbonyl (C=O) groups excluding carboxylic acids is 1. The Hall–Kier alpha value is -4.26. The number of hydrazone groups is 1. The van der Waals surface area contributed by atoms with Crippen molar-refractivity contribution < 1.29 is 23.8 Å². The summed E-state index contributed by atoms with van der Waals surface area (Å²) in [5, 5.41) is 14.5. The molecule has 1 heterocycles. The zero-order valence-corrected chi connectivity index (χ0v) is 16.2. The van der Waals surface area contributed by atoms with E-state index in [1.54, 1.807) is 30.3 Å². The summed E-state index contributed by atoms with van der Waals surface area (Å²) in [5.41, 5.74) is 2.83. The van der Waals surface area contributed by atoms with Gasteiger partial charge in [-0.25, -0.2) is 9.18 Å². The Morgan fingerprint density at radius 3 is 2.32 bits per heavy atom. The molecule has 3 aromatic carbocycles. The number of carbonyl (C=O) groups is 2. The summed E-state index contributed by atoms with van der Waals surface area (Å²) in [6.45, 7) is -0.434. The highest BCUT2D eigenvalue weighted by Crippen LogP contribution is 2.28. The second-order valence-corrected chi connectivity index (χ2v) is 6.72. The van der Waals surface area contributed by atoms with Crippen LogP contribution in [0.5, 0.6) is 5.75 Å². The first-order valence-corrected chi connectivity index (χ1v) is 9.42. The van der Waals surface area contributed by atoms with Crippen LogP contribution in [0.25, 0.3) is 6.08 Å². The molecule has 0 aliphatic carbocycles. The lowest BCUT2D eigenvalue weighted by molar-refractivity contribution is -0.139. The van der Waals surface area contributed by atoms with Gasteiger partial charge >= 0.3 is 5.97 Å². The number of anilines is 1. The minimum atomic E-state index is -1.06. The van der Waals surface area contributed by atoms with E-state index in [4.69, 9.17) is 9.84 Å². The van der Waals surface area contributed by atoms with Gasteiger partial charge < -0.3 is 9.84 Å². The number of amides is 1. The van der Waals surface area contributed by atoms with Crippen LogP contribution in [0, 0.1) is 5.82 Å². The monoisotopic (exact) mass is 416 g/mol. The average Bonchev–Trinajstić information content (AvgIpc) is 3.10. The molecule has 31 heavy (non-hydrogen) atoms. The van der Waals surface area contributed by atoms with Gasteiger partial charge in [-0.05, 0) is 48.0 Å². The van der Waals surface area contributed by atoms with E-state index in [1.165, 1.54) is 29.3 Å². The van der Waals surface area contributed by atoms with Crippen LogP contribution in [0.2, 0.25) is 0 Å². The fraction of sp³-hybridized carbons (Fsp3) is 0.0417. The third-order valence-electron chi connectivity index (χ3n) is 4.55. The van der Waals surface area contributed by atoms with Gasteiger partial charge in [-0.3, -0.25) is 4.79 Å². The van der Waals surface area contributed by atoms with Crippen LogP contribution in [-0.2, 0) is 9.59 Å². The van der Waals surface area contributed by atoms with Crippen molar-refractivity contribution in [1.82, 2.24) is 0 Å². The zero-order valence-electron chi connectivity index (χ0n) is 16.2. The SMILES string of the molecule is O=C(O)COc1ccc(/C=C2\C(=O)N(c3ccc(F)cc3)N=C2c2ccccc2)cc1. The number of aliphatic carboxylic acids is 1. The maximum atomic E-state index is 13.3. The summed E-state index contributed by atoms with van der Waals surface area (Å²) in [5.74, 6) is -1.39. The molecule has 0 radical (unpaired) electrons. The number of ether oxygens (including phenoxy) is 1. The first-order valence-electron chi connectivity index (χ1n) is 9.42. The first-order chi connectivity index (χ1) is 15.0. The molecule has 7 heteroatoms. The molecule has 0 saturated heterocycles. The van der Waals surface area contributed by atoms with Crippen molar-refractivity contribution >= 4 is 29.4 Å². The van der Waals surface area contributed by atoms with Crippen LogP contribution >= 0.6 is 0 Å². The maximum absolute atomic E-state index is 13.3. The number of halogens is 1. The predicted octanol–water partition coefficient (Wildman–Crippen LogP) is 4.12. The molecule has 1 N–H and O–H groups in total. The number of hydrogen-bond donors (Lipinski definition) is 1. The summed E-state index contributed by atoms with van der Waals surface area (Å²) < 4.78 is 18.5. The number of carboxylic acid groups (broad SMARTS) is 1. The molecule has 0 fully saturated rings. The van der Waals surface area contributed by atoms with Gasteiger partial charge in [0.15, 0.2) is 6.61 Å². The third-order valence-corrected chi connectivity index (χ3v) is 4.55. The number of rotatable bonds is 6. The summed E-state index contributed by atoms with van der Waals surface area (Å²) >= 11 is 0. The van der Waals surface area contributed by atoms with Crippen LogP contribution in [-0.4, -0.2) is 29.3 Å². The van der Waals surface area contributed by atoms with Crippen molar-refractivity contribution in [3.63, 3.8) is 0 Å². The van der Waals surface area contributed by atoms with Crippen molar-refractivity contribution in [3.05, 3.63) is 101 Å². The Labute approximate surface area is 177 Å². The van der Waals surface area contributed by atoms with E-state index in [1.807, 2.05) is 30.3 Å². The minimum Gasteiger partial charge on any atom is -0.482 e. The van der Waals surface area contributed by atoms with E-state index < -0.39 is 18.4 Å². The van der Waals surface area contributed by atoms with Gasteiger partial charge in [0.2, 0.25) is 0 Å². The predicted molar refractivity (Wildman–Crippen MR) is 114 cm³/mol. The maximum Gasteiger partial charge on any atom is 0.341 e. The highest BCUT2D eigenvalue weighted by molar-refractivity contribution is 6.37. The summed E-state index contributed by atoms with van der Waals surface area (Å²) in [7, 11) is 0. The quantitative estimate of drug-likeness (QED) is 0.613. The van der Waals surface area contributed by atoms with Crippen molar-refractivity contribution in [3.8, 4) is 5.75 Å². The Bertz CT molecular complexity index is 1170. The number of carboxylic acids is 1. The van der Waals surface area contributed by atoms with Crippen molar-refractivity contribution in [1.29, 1.82) is 0 Å². The summed E-state index contributed by atoms with van der Waals surface area (Å²) in [6, 6.07) is 21.6. The van der Waals surface area contributed by atoms with E-state index in [2.05, 4.69) is 5.10 Å². The second kappa shape index (κ2) is 8.62. The summed E-state index contributed by atoms with van der Waals surface area (Å²) in [6.07, 6.45) is 1.71. The van der Waals surface area contributed by atoms with Crippen LogP contribution in [0.3, 0.4) is 0 Å². The average molecular weight is 416 g/mol. The van der Waals surface area contributed by atoms with Gasteiger partial charge in [0, 0.05) is 5.56 Å². The van der Waals surface area contributed by atoms with Crippen LogP contribution in [0.15, 0.2) is 89.5 Å². The molecule has 0 unspecified atom stereocenters. The van der Waals surface area contributed by atoms with Crippen molar-refractivity contribution in [2.45, 2.75) is 0 Å². The van der Waals surface area contributed by atoms with Crippen LogP contribution in [0.1, 0.15) is 11.1 Å². The van der Waals surface area contributed by atoms with Gasteiger partial charge in [-0.15, -0.1) is 0 Å². The molecular weight excluding hydrogens is 399 g/mol. The highest BCUT2D eigenvalue weighted by atomic mass is 19.1. The molecule has 154 valence electrons. The molecular formula is C24H17FN2O4. The fourth-order valence-electron chi connectivity index (χ4n) is 3.08. The molecule has 4 rings (SSSR count). The van der Waals surface area contributed by atoms with Crippen LogP contribution in [0.4, 0.5) is 10.1 Å². The van der Waals surface area contributed by atoms with Crippen molar-refractivity contribution in [2.24, 2.45) is 5.10 Å². The number of benzene rings is 3. The third kappa shape index (κ3) is 4.51. The Balaban J connectivity index is 1.69. The van der Waals surface area contributed by atoms with Gasteiger partial charge in [-0.2, -0.15) is 10.1 Å². The van der Waals surface area contributed by atoms with E-state index in [0.717, 1.165) is 11.1 Å². The van der Waals surface area contributed by atoms with Crippen molar-refractivity contribution in [2.75, 3.05) is 11.6 Å². The Morgan fingerprint density at radius 2 is 1.68 bits per heavy atom. The number of nitrogens with zero attached hydrogens (tertiary/aromatic N) is 2. The molecule has 0 bridgehead atoms. The lowest BCUT2D eigenvalue weighted by Gasteiger charge is -2.11. The molecule has 0 atom stereocenters. The largest absolute Gasteiger partial charge is 0.482 e. The van der Waals surface area contributed by atoms with E-state index in [9.17, 15) is 14.0 Å². The molecule has 6 nitrogen and oxygen atoms in total. The number of hydrogen-bond acceptors (Lipinski definition) is 4. The topological polar surface area (TPSA) is 79.2 Å². The molecule has 1 aliphatic rings. The molecule has 0 spiro atoms. The lowest BCUT2D eigenvalue weighted by atomic mass is 10.0. The molecule has 3 aromatic rings. The highest BCUT2D eigenvalue weighted by Gasteiger charge is 2.32. The Morgan fingerprint density at radius 1 is 1.00 bits per heavy atom. The van der Waals surface area contributed by atoms with Gasteiger partial charge in [0.05, 0.1) is 11.3 Å². The second-order valence-electron chi connectivity index (χ2n) is 6.72. The van der Waals surface area contributed by atoms with E-state index in [0.29, 0.717) is 22.7 Å². The van der Waals surface area contributed by atoms with E-state index in [-0.39, 0.29) is 5.91 Å². The van der Waals surface area contributed by atoms with Gasteiger partial charge in [0.1, 0.15) is 17.3 Å². The molecule has 0 saturated carbocycles. The van der Waals surface area contributed by atoms with Crippen LogP contribution < -0.4 is 9.75 Å². The Kier molecular flexibility index (Phi) is 5.57. The summed E-state index contributed by atoms with van der Waals surface area (Å²) in [4.78, 5) is 23.8. The molecule has 1 amide bonds. The molecule has 1 aliphatic heterocycles. The fourth-order valence-corrected chi connectivity index (χ4v) is 3.08. The smallest absolute Gasteiger partial charge is 0.341 e. The normalized spacial score (nSPS) is 14.6.